The first-order valence-electron chi connectivity index (χ1n) is 12.8. The minimum Gasteiger partial charge on any atom is -0.497 e. The number of amides is 2. The molecule has 1 aromatic heterocycles. The highest BCUT2D eigenvalue weighted by Crippen LogP contribution is 2.30. The molecule has 9 heteroatoms. The lowest BCUT2D eigenvalue weighted by atomic mass is 10.2. The Labute approximate surface area is 232 Å². The van der Waals surface area contributed by atoms with Gasteiger partial charge in [-0.05, 0) is 48.4 Å². The molecule has 200 valence electrons. The third-order valence-corrected chi connectivity index (χ3v) is 7.87. The summed E-state index contributed by atoms with van der Waals surface area (Å²) in [6.07, 6.45) is 1.78. The first kappa shape index (κ1) is 26.4. The van der Waals surface area contributed by atoms with E-state index in [0.717, 1.165) is 33.9 Å². The van der Waals surface area contributed by atoms with Crippen LogP contribution in [0.4, 0.5) is 16.2 Å². The lowest BCUT2D eigenvalue weighted by Crippen LogP contribution is -2.50. The highest BCUT2D eigenvalue weighted by atomic mass is 32.2. The molecule has 2 amide bonds. The fourth-order valence-corrected chi connectivity index (χ4v) is 5.56. The molecule has 1 N–H and O–H groups in total. The van der Waals surface area contributed by atoms with E-state index in [4.69, 9.17) is 4.74 Å². The third-order valence-electron chi connectivity index (χ3n) is 6.72. The van der Waals surface area contributed by atoms with Crippen molar-refractivity contribution < 1.29 is 9.53 Å². The predicted octanol–water partition coefficient (Wildman–Crippen LogP) is 5.20. The number of ether oxygens (including phenoxy) is 1. The second-order valence-corrected chi connectivity index (χ2v) is 10.3. The number of hydrogen-bond acceptors (Lipinski definition) is 6. The van der Waals surface area contributed by atoms with E-state index in [1.54, 1.807) is 18.2 Å². The molecule has 0 bridgehead atoms. The molecule has 1 aliphatic heterocycles. The van der Waals surface area contributed by atoms with Gasteiger partial charge >= 0.3 is 6.03 Å². The maximum Gasteiger partial charge on any atom is 0.321 e. The molecule has 2 heterocycles. The molecule has 1 aliphatic rings. The van der Waals surface area contributed by atoms with Crippen molar-refractivity contribution in [2.45, 2.75) is 17.6 Å². The number of nitrogens with zero attached hydrogens (tertiary/aromatic N) is 4. The number of urea groups is 1. The van der Waals surface area contributed by atoms with Gasteiger partial charge in [-0.2, -0.15) is 9.78 Å². The Bertz CT molecular complexity index is 1490. The zero-order valence-electron chi connectivity index (χ0n) is 22.0. The number of hydrogen-bond donors (Lipinski definition) is 1. The summed E-state index contributed by atoms with van der Waals surface area (Å²) in [5.41, 5.74) is 4.23. The number of anilines is 2. The Morgan fingerprint density at radius 3 is 2.33 bits per heavy atom. The number of carbonyl (C=O) groups excluding carboxylic acids is 1. The third kappa shape index (κ3) is 6.09. The topological polar surface area (TPSA) is 79.7 Å². The Morgan fingerprint density at radius 2 is 1.67 bits per heavy atom. The zero-order chi connectivity index (χ0) is 27.2. The van der Waals surface area contributed by atoms with Crippen LogP contribution in [0.5, 0.6) is 5.75 Å². The lowest BCUT2D eigenvalue weighted by molar-refractivity contribution is 0.208. The molecule has 8 nitrogen and oxygen atoms in total. The number of piperazine rings is 1. The zero-order valence-corrected chi connectivity index (χ0v) is 22.9. The summed E-state index contributed by atoms with van der Waals surface area (Å²) in [5, 5.41) is 7.53. The second-order valence-electron chi connectivity index (χ2n) is 9.27. The molecule has 0 aliphatic carbocycles. The fourth-order valence-electron chi connectivity index (χ4n) is 4.52. The molecule has 0 atom stereocenters. The smallest absolute Gasteiger partial charge is 0.321 e. The van der Waals surface area contributed by atoms with Crippen LogP contribution >= 0.6 is 11.8 Å². The molecule has 39 heavy (non-hydrogen) atoms. The van der Waals surface area contributed by atoms with Crippen molar-refractivity contribution in [2.24, 2.45) is 0 Å². The van der Waals surface area contributed by atoms with Crippen LogP contribution in [0.25, 0.3) is 5.69 Å². The van der Waals surface area contributed by atoms with Gasteiger partial charge in [0.2, 0.25) is 0 Å². The largest absolute Gasteiger partial charge is 0.497 e. The van der Waals surface area contributed by atoms with E-state index >= 15 is 0 Å². The summed E-state index contributed by atoms with van der Waals surface area (Å²) >= 11 is 1.52. The van der Waals surface area contributed by atoms with Crippen molar-refractivity contribution >= 4 is 29.2 Å². The summed E-state index contributed by atoms with van der Waals surface area (Å²) < 4.78 is 6.71. The van der Waals surface area contributed by atoms with Crippen LogP contribution in [-0.2, 0) is 5.75 Å². The van der Waals surface area contributed by atoms with Gasteiger partial charge in [0.1, 0.15) is 10.6 Å². The van der Waals surface area contributed by atoms with Crippen molar-refractivity contribution in [1.82, 2.24) is 14.7 Å². The summed E-state index contributed by atoms with van der Waals surface area (Å²) in [7, 11) is 1.62. The number of carbonyl (C=O) groups is 1. The Morgan fingerprint density at radius 1 is 0.974 bits per heavy atom. The highest BCUT2D eigenvalue weighted by Gasteiger charge is 2.25. The van der Waals surface area contributed by atoms with Gasteiger partial charge in [0.25, 0.3) is 5.56 Å². The summed E-state index contributed by atoms with van der Waals surface area (Å²) in [5.74, 6) is 1.42. The Balaban J connectivity index is 1.33. The molecule has 0 spiro atoms. The Hall–Kier alpha value is -4.24. The average Bonchev–Trinajstić information content (AvgIpc) is 2.98. The Kier molecular flexibility index (Phi) is 8.17. The first-order chi connectivity index (χ1) is 19.0. The minimum atomic E-state index is -0.144. The molecule has 0 unspecified atom stereocenters. The fraction of sp³-hybridized carbons (Fsp3) is 0.233. The predicted molar refractivity (Wildman–Crippen MR) is 156 cm³/mol. The van der Waals surface area contributed by atoms with Gasteiger partial charge in [-0.1, -0.05) is 48.5 Å². The van der Waals surface area contributed by atoms with Crippen molar-refractivity contribution in [1.29, 1.82) is 0 Å². The van der Waals surface area contributed by atoms with Crippen molar-refractivity contribution in [3.05, 3.63) is 107 Å². The van der Waals surface area contributed by atoms with Crippen LogP contribution in [0.2, 0.25) is 0 Å². The molecular weight excluding hydrogens is 510 g/mol. The molecular formula is C30H31N5O3S. The molecule has 3 aromatic carbocycles. The van der Waals surface area contributed by atoms with Crippen LogP contribution in [0.1, 0.15) is 11.1 Å². The van der Waals surface area contributed by atoms with Gasteiger partial charge in [0.05, 0.1) is 24.7 Å². The van der Waals surface area contributed by atoms with E-state index in [9.17, 15) is 9.59 Å². The van der Waals surface area contributed by atoms with E-state index < -0.39 is 0 Å². The number of methoxy groups -OCH3 is 1. The molecule has 1 saturated heterocycles. The number of rotatable bonds is 7. The van der Waals surface area contributed by atoms with Gasteiger partial charge in [-0.25, -0.2) is 4.79 Å². The normalized spacial score (nSPS) is 13.3. The van der Waals surface area contributed by atoms with Crippen LogP contribution in [0, 0.1) is 6.92 Å². The molecule has 5 rings (SSSR count). The van der Waals surface area contributed by atoms with E-state index in [1.165, 1.54) is 16.4 Å². The number of nitrogens with one attached hydrogen (secondary N) is 1. The number of aryl methyl sites for hydroxylation is 1. The van der Waals surface area contributed by atoms with E-state index in [-0.39, 0.29) is 11.6 Å². The van der Waals surface area contributed by atoms with Gasteiger partial charge in [0.15, 0.2) is 0 Å². The molecule has 4 aromatic rings. The van der Waals surface area contributed by atoms with Crippen LogP contribution in [-0.4, -0.2) is 54.0 Å². The quantitative estimate of drug-likeness (QED) is 0.324. The molecule has 0 saturated carbocycles. The summed E-state index contributed by atoms with van der Waals surface area (Å²) in [4.78, 5) is 31.3. The molecule has 0 radical (unpaired) electrons. The van der Waals surface area contributed by atoms with Crippen molar-refractivity contribution in [3.63, 3.8) is 0 Å². The van der Waals surface area contributed by atoms with Gasteiger partial charge in [0, 0.05) is 37.6 Å². The van der Waals surface area contributed by atoms with Gasteiger partial charge < -0.3 is 19.9 Å². The van der Waals surface area contributed by atoms with Gasteiger partial charge in [-0.15, -0.1) is 11.8 Å². The number of thioether (sulfide) groups is 1. The molecule has 1 fully saturated rings. The van der Waals surface area contributed by atoms with Crippen molar-refractivity contribution in [2.75, 3.05) is 43.5 Å². The second kappa shape index (κ2) is 12.1. The van der Waals surface area contributed by atoms with Crippen LogP contribution < -0.4 is 20.5 Å². The minimum absolute atomic E-state index is 0.140. The highest BCUT2D eigenvalue weighted by molar-refractivity contribution is 7.98. The lowest BCUT2D eigenvalue weighted by Gasteiger charge is -2.36. The SMILES string of the molecule is COc1ccc(NC(=O)N2CCN(c3cnn(-c4ccccc4)c(=O)c3SCc3ccccc3)CC2)c(C)c1. The maximum atomic E-state index is 13.7. The van der Waals surface area contributed by atoms with Crippen LogP contribution in [0.3, 0.4) is 0 Å². The van der Waals surface area contributed by atoms with E-state index in [1.807, 2.05) is 73.7 Å². The number of aromatic nitrogens is 2. The standard InChI is InChI=1S/C30H31N5O3S/c1-22-19-25(38-2)13-14-26(22)32-30(37)34-17-15-33(16-18-34)27-20-31-35(24-11-7-4-8-12-24)29(36)28(27)39-21-23-9-5-3-6-10-23/h3-14,19-20H,15-18,21H2,1-2H3,(H,32,37). The monoisotopic (exact) mass is 541 g/mol. The first-order valence-corrected chi connectivity index (χ1v) is 13.8. The van der Waals surface area contributed by atoms with E-state index in [2.05, 4.69) is 27.4 Å². The van der Waals surface area contributed by atoms with Crippen molar-refractivity contribution in [3.8, 4) is 11.4 Å². The maximum absolute atomic E-state index is 13.7. The average molecular weight is 542 g/mol. The van der Waals surface area contributed by atoms with Gasteiger partial charge in [-0.3, -0.25) is 4.79 Å². The van der Waals surface area contributed by atoms with Crippen LogP contribution in [0.15, 0.2) is 94.7 Å². The summed E-state index contributed by atoms with van der Waals surface area (Å²) in [6.45, 7) is 4.21. The van der Waals surface area contributed by atoms with E-state index in [0.29, 0.717) is 36.8 Å². The number of para-hydroxylation sites is 1. The summed E-state index contributed by atoms with van der Waals surface area (Å²) in [6, 6.07) is 25.0. The number of benzene rings is 3.